The van der Waals surface area contributed by atoms with Crippen molar-refractivity contribution in [1.82, 2.24) is 14.5 Å². The molecule has 0 bridgehead atoms. The third-order valence-electron chi connectivity index (χ3n) is 4.33. The third-order valence-corrected chi connectivity index (χ3v) is 5.44. The summed E-state index contributed by atoms with van der Waals surface area (Å²) in [6.07, 6.45) is 1.74. The summed E-state index contributed by atoms with van der Waals surface area (Å²) in [5, 5.41) is 21.1. The first-order valence-electron chi connectivity index (χ1n) is 9.59. The molecule has 9 heteroatoms. The van der Waals surface area contributed by atoms with E-state index >= 15 is 0 Å². The van der Waals surface area contributed by atoms with Gasteiger partial charge in [0.1, 0.15) is 17.5 Å². The van der Waals surface area contributed by atoms with Crippen molar-refractivity contribution in [3.63, 3.8) is 0 Å². The number of ether oxygens (including phenoxy) is 1. The first kappa shape index (κ1) is 21.9. The molecule has 2 heterocycles. The molecule has 0 amide bonds. The lowest BCUT2D eigenvalue weighted by Crippen LogP contribution is -2.10. The van der Waals surface area contributed by atoms with Crippen LogP contribution in [0.3, 0.4) is 0 Å². The molecule has 0 aliphatic carbocycles. The molecule has 158 valence electrons. The standard InChI is InChI=1S/C21H24N4O4S/c1-15(2)20-21(30-18-8-5-7-17(12-18)25(27)28)24(13-16-6-3-4-9-22-16)19(23-20)14-29-11-10-26/h3-9,12,15,26H,10-11,13-14H2,1-2H3. The topological polar surface area (TPSA) is 103 Å². The number of aliphatic hydroxyl groups is 1. The van der Waals surface area contributed by atoms with Crippen LogP contribution in [-0.4, -0.2) is 37.8 Å². The molecule has 0 fully saturated rings. The van der Waals surface area contributed by atoms with E-state index < -0.39 is 4.92 Å². The van der Waals surface area contributed by atoms with Crippen molar-refractivity contribution < 1.29 is 14.8 Å². The summed E-state index contributed by atoms with van der Waals surface area (Å²) in [7, 11) is 0. The van der Waals surface area contributed by atoms with Crippen LogP contribution in [0.2, 0.25) is 0 Å². The van der Waals surface area contributed by atoms with Gasteiger partial charge in [-0.05, 0) is 24.1 Å². The zero-order valence-corrected chi connectivity index (χ0v) is 17.7. The second-order valence-electron chi connectivity index (χ2n) is 6.91. The van der Waals surface area contributed by atoms with Gasteiger partial charge in [0.2, 0.25) is 0 Å². The van der Waals surface area contributed by atoms with Gasteiger partial charge in [0, 0.05) is 23.2 Å². The van der Waals surface area contributed by atoms with Gasteiger partial charge < -0.3 is 14.4 Å². The number of hydrogen-bond acceptors (Lipinski definition) is 7. The van der Waals surface area contributed by atoms with Gasteiger partial charge >= 0.3 is 0 Å². The fraction of sp³-hybridized carbons (Fsp3) is 0.333. The van der Waals surface area contributed by atoms with Gasteiger partial charge in [-0.3, -0.25) is 15.1 Å². The molecular weight excluding hydrogens is 404 g/mol. The molecule has 3 rings (SSSR count). The lowest BCUT2D eigenvalue weighted by Gasteiger charge is -2.13. The molecule has 0 spiro atoms. The van der Waals surface area contributed by atoms with Gasteiger partial charge in [0.05, 0.1) is 36.1 Å². The number of imidazole rings is 1. The maximum atomic E-state index is 11.2. The van der Waals surface area contributed by atoms with Crippen LogP contribution in [0.25, 0.3) is 0 Å². The minimum absolute atomic E-state index is 0.0494. The lowest BCUT2D eigenvalue weighted by atomic mass is 10.1. The molecule has 0 unspecified atom stereocenters. The van der Waals surface area contributed by atoms with Gasteiger partial charge in [0.25, 0.3) is 5.69 Å². The Morgan fingerprint density at radius 2 is 2.10 bits per heavy atom. The molecule has 0 radical (unpaired) electrons. The van der Waals surface area contributed by atoms with Crippen LogP contribution in [0.5, 0.6) is 0 Å². The van der Waals surface area contributed by atoms with E-state index in [1.54, 1.807) is 18.3 Å². The van der Waals surface area contributed by atoms with Gasteiger partial charge in [-0.2, -0.15) is 0 Å². The van der Waals surface area contributed by atoms with E-state index in [9.17, 15) is 10.1 Å². The van der Waals surface area contributed by atoms with Crippen LogP contribution in [-0.2, 0) is 17.9 Å². The zero-order chi connectivity index (χ0) is 21.5. The van der Waals surface area contributed by atoms with Gasteiger partial charge in [-0.25, -0.2) is 4.98 Å². The molecular formula is C21H24N4O4S. The largest absolute Gasteiger partial charge is 0.394 e. The van der Waals surface area contributed by atoms with Gasteiger partial charge in [-0.1, -0.05) is 37.7 Å². The normalized spacial score (nSPS) is 11.2. The average Bonchev–Trinajstić information content (AvgIpc) is 3.06. The van der Waals surface area contributed by atoms with Crippen molar-refractivity contribution in [3.8, 4) is 0 Å². The summed E-state index contributed by atoms with van der Waals surface area (Å²) >= 11 is 1.44. The zero-order valence-electron chi connectivity index (χ0n) is 16.9. The maximum Gasteiger partial charge on any atom is 0.270 e. The molecule has 3 aromatic rings. The fourth-order valence-electron chi connectivity index (χ4n) is 2.91. The lowest BCUT2D eigenvalue weighted by molar-refractivity contribution is -0.385. The number of aromatic nitrogens is 3. The quantitative estimate of drug-likeness (QED) is 0.295. The SMILES string of the molecule is CC(C)c1nc(COCCO)n(Cc2ccccn2)c1Sc1cccc([N+](=O)[O-])c1. The number of aliphatic hydroxyl groups excluding tert-OH is 1. The van der Waals surface area contributed by atoms with E-state index in [2.05, 4.69) is 18.8 Å². The fourth-order valence-corrected chi connectivity index (χ4v) is 4.13. The monoisotopic (exact) mass is 428 g/mol. The van der Waals surface area contributed by atoms with E-state index in [1.807, 2.05) is 28.8 Å². The van der Waals surface area contributed by atoms with Crippen molar-refractivity contribution in [2.24, 2.45) is 0 Å². The highest BCUT2D eigenvalue weighted by molar-refractivity contribution is 7.99. The van der Waals surface area contributed by atoms with E-state index in [0.717, 1.165) is 27.1 Å². The van der Waals surface area contributed by atoms with Crippen LogP contribution in [0, 0.1) is 10.1 Å². The number of pyridine rings is 1. The number of hydrogen-bond donors (Lipinski definition) is 1. The molecule has 30 heavy (non-hydrogen) atoms. The van der Waals surface area contributed by atoms with Crippen LogP contribution in [0.15, 0.2) is 58.6 Å². The van der Waals surface area contributed by atoms with Gasteiger partial charge in [0.15, 0.2) is 0 Å². The Morgan fingerprint density at radius 3 is 2.77 bits per heavy atom. The Kier molecular flexibility index (Phi) is 7.56. The number of benzene rings is 1. The predicted octanol–water partition coefficient (Wildman–Crippen LogP) is 4.02. The van der Waals surface area contributed by atoms with Gasteiger partial charge in [-0.15, -0.1) is 0 Å². The number of nitro groups is 1. The van der Waals surface area contributed by atoms with Crippen LogP contribution >= 0.6 is 11.8 Å². The molecule has 0 saturated carbocycles. The van der Waals surface area contributed by atoms with E-state index in [1.165, 1.54) is 17.8 Å². The summed E-state index contributed by atoms with van der Waals surface area (Å²) in [6.45, 7) is 5.03. The second kappa shape index (κ2) is 10.3. The summed E-state index contributed by atoms with van der Waals surface area (Å²) < 4.78 is 7.58. The predicted molar refractivity (Wildman–Crippen MR) is 114 cm³/mol. The molecule has 1 N–H and O–H groups in total. The Morgan fingerprint density at radius 1 is 1.27 bits per heavy atom. The third kappa shape index (κ3) is 5.44. The van der Waals surface area contributed by atoms with Crippen molar-refractivity contribution in [3.05, 3.63) is 76.0 Å². The smallest absolute Gasteiger partial charge is 0.270 e. The summed E-state index contributed by atoms with van der Waals surface area (Å²) in [6, 6.07) is 12.3. The Labute approximate surface area is 179 Å². The number of nitro benzene ring substituents is 1. The number of non-ortho nitro benzene ring substituents is 1. The van der Waals surface area contributed by atoms with Crippen molar-refractivity contribution in [2.75, 3.05) is 13.2 Å². The molecule has 0 aliphatic heterocycles. The first-order chi connectivity index (χ1) is 14.5. The number of nitrogens with zero attached hydrogens (tertiary/aromatic N) is 4. The summed E-state index contributed by atoms with van der Waals surface area (Å²) in [5.41, 5.74) is 1.81. The summed E-state index contributed by atoms with van der Waals surface area (Å²) in [4.78, 5) is 20.8. The second-order valence-corrected chi connectivity index (χ2v) is 7.98. The minimum Gasteiger partial charge on any atom is -0.394 e. The maximum absolute atomic E-state index is 11.2. The number of rotatable bonds is 10. The molecule has 1 aromatic carbocycles. The highest BCUT2D eigenvalue weighted by Crippen LogP contribution is 2.36. The van der Waals surface area contributed by atoms with Crippen molar-refractivity contribution in [2.45, 2.75) is 42.8 Å². The molecule has 0 saturated heterocycles. The van der Waals surface area contributed by atoms with Crippen LogP contribution < -0.4 is 0 Å². The van der Waals surface area contributed by atoms with Crippen molar-refractivity contribution >= 4 is 17.4 Å². The Hall–Kier alpha value is -2.75. The van der Waals surface area contributed by atoms with Crippen LogP contribution in [0.4, 0.5) is 5.69 Å². The Balaban J connectivity index is 2.03. The molecule has 2 aromatic heterocycles. The van der Waals surface area contributed by atoms with Crippen LogP contribution in [0.1, 0.15) is 37.0 Å². The van der Waals surface area contributed by atoms with E-state index in [4.69, 9.17) is 14.8 Å². The molecule has 8 nitrogen and oxygen atoms in total. The summed E-state index contributed by atoms with van der Waals surface area (Å²) in [5.74, 6) is 0.874. The van der Waals surface area contributed by atoms with Crippen molar-refractivity contribution in [1.29, 1.82) is 0 Å². The Bertz CT molecular complexity index is 992. The molecule has 0 aliphatic rings. The highest BCUT2D eigenvalue weighted by Gasteiger charge is 2.22. The van der Waals surface area contributed by atoms with E-state index in [-0.39, 0.29) is 31.4 Å². The highest BCUT2D eigenvalue weighted by atomic mass is 32.2. The minimum atomic E-state index is -0.396. The first-order valence-corrected chi connectivity index (χ1v) is 10.4. The molecule has 0 atom stereocenters. The average molecular weight is 429 g/mol. The van der Waals surface area contributed by atoms with E-state index in [0.29, 0.717) is 6.54 Å².